The Balaban J connectivity index is 2.12. The minimum atomic E-state index is 0.0175. The van der Waals surface area contributed by atoms with Gasteiger partial charge in [0.25, 0.3) is 0 Å². The summed E-state index contributed by atoms with van der Waals surface area (Å²) in [5, 5.41) is 23.6. The Kier molecular flexibility index (Phi) is 3.20. The standard InChI is InChI=1S/C15H11BrN2O2/c16-10-1-3-11(4-2-10)18-14(7-8-17-18)13-6-5-12(19)9-15(13)20/h1-9,19-20H. The zero-order chi connectivity index (χ0) is 14.1. The van der Waals surface area contributed by atoms with Gasteiger partial charge in [0.1, 0.15) is 11.5 Å². The fourth-order valence-corrected chi connectivity index (χ4v) is 2.30. The van der Waals surface area contributed by atoms with Gasteiger partial charge in [0.15, 0.2) is 0 Å². The first-order valence-electron chi connectivity index (χ1n) is 5.97. The maximum absolute atomic E-state index is 9.97. The first kappa shape index (κ1) is 12.7. The van der Waals surface area contributed by atoms with Crippen molar-refractivity contribution in [2.24, 2.45) is 0 Å². The fourth-order valence-electron chi connectivity index (χ4n) is 2.03. The van der Waals surface area contributed by atoms with Crippen LogP contribution in [0, 0.1) is 0 Å². The van der Waals surface area contributed by atoms with Crippen molar-refractivity contribution >= 4 is 15.9 Å². The monoisotopic (exact) mass is 330 g/mol. The molecule has 4 nitrogen and oxygen atoms in total. The number of aromatic hydroxyl groups is 2. The summed E-state index contributed by atoms with van der Waals surface area (Å²) in [6.07, 6.45) is 1.67. The van der Waals surface area contributed by atoms with Crippen molar-refractivity contribution < 1.29 is 10.2 Å². The number of nitrogens with zero attached hydrogens (tertiary/aromatic N) is 2. The molecule has 0 atom stereocenters. The van der Waals surface area contributed by atoms with Crippen LogP contribution in [0.15, 0.2) is 59.2 Å². The number of halogens is 1. The Bertz CT molecular complexity index is 751. The number of benzene rings is 2. The predicted molar refractivity (Wildman–Crippen MR) is 80.0 cm³/mol. The second-order valence-electron chi connectivity index (χ2n) is 4.31. The Labute approximate surface area is 124 Å². The summed E-state index contributed by atoms with van der Waals surface area (Å²) in [6, 6.07) is 14.0. The first-order chi connectivity index (χ1) is 9.65. The zero-order valence-electron chi connectivity index (χ0n) is 10.4. The number of hydrogen-bond donors (Lipinski definition) is 2. The quantitative estimate of drug-likeness (QED) is 0.753. The summed E-state index contributed by atoms with van der Waals surface area (Å²) in [5.41, 5.74) is 2.26. The molecule has 0 unspecified atom stereocenters. The Morgan fingerprint density at radius 2 is 1.70 bits per heavy atom. The molecule has 0 spiro atoms. The molecule has 1 aromatic heterocycles. The topological polar surface area (TPSA) is 58.3 Å². The van der Waals surface area contributed by atoms with Gasteiger partial charge in [-0.05, 0) is 42.5 Å². The number of rotatable bonds is 2. The highest BCUT2D eigenvalue weighted by atomic mass is 79.9. The molecule has 2 N–H and O–H groups in total. The first-order valence-corrected chi connectivity index (χ1v) is 6.77. The highest BCUT2D eigenvalue weighted by Crippen LogP contribution is 2.33. The third-order valence-electron chi connectivity index (χ3n) is 2.97. The van der Waals surface area contributed by atoms with Gasteiger partial charge in [0.2, 0.25) is 0 Å². The second-order valence-corrected chi connectivity index (χ2v) is 5.22. The second kappa shape index (κ2) is 5.02. The van der Waals surface area contributed by atoms with Crippen LogP contribution in [0.1, 0.15) is 0 Å². The molecule has 0 aliphatic rings. The summed E-state index contributed by atoms with van der Waals surface area (Å²) < 4.78 is 2.72. The lowest BCUT2D eigenvalue weighted by molar-refractivity contribution is 0.451. The maximum atomic E-state index is 9.97. The van der Waals surface area contributed by atoms with Crippen molar-refractivity contribution in [1.29, 1.82) is 0 Å². The fraction of sp³-hybridized carbons (Fsp3) is 0. The number of hydrogen-bond acceptors (Lipinski definition) is 3. The van der Waals surface area contributed by atoms with Gasteiger partial charge in [0, 0.05) is 16.1 Å². The van der Waals surface area contributed by atoms with Crippen LogP contribution in [0.3, 0.4) is 0 Å². The van der Waals surface area contributed by atoms with Crippen molar-refractivity contribution in [3.63, 3.8) is 0 Å². The van der Waals surface area contributed by atoms with E-state index in [0.29, 0.717) is 5.56 Å². The number of phenolic OH excluding ortho intramolecular Hbond substituents is 2. The molecule has 0 saturated carbocycles. The van der Waals surface area contributed by atoms with Gasteiger partial charge >= 0.3 is 0 Å². The third-order valence-corrected chi connectivity index (χ3v) is 3.50. The van der Waals surface area contributed by atoms with Crippen LogP contribution in [0.2, 0.25) is 0 Å². The summed E-state index contributed by atoms with van der Waals surface area (Å²) in [7, 11) is 0. The van der Waals surface area contributed by atoms with Gasteiger partial charge in [-0.3, -0.25) is 0 Å². The predicted octanol–water partition coefficient (Wildman–Crippen LogP) is 3.71. The maximum Gasteiger partial charge on any atom is 0.128 e. The molecule has 0 amide bonds. The van der Waals surface area contributed by atoms with Gasteiger partial charge in [-0.15, -0.1) is 0 Å². The molecule has 0 aliphatic carbocycles. The van der Waals surface area contributed by atoms with E-state index in [1.165, 1.54) is 12.1 Å². The minimum Gasteiger partial charge on any atom is -0.508 e. The molecule has 3 aromatic rings. The highest BCUT2D eigenvalue weighted by molar-refractivity contribution is 9.10. The van der Waals surface area contributed by atoms with E-state index in [4.69, 9.17) is 0 Å². The van der Waals surface area contributed by atoms with Crippen molar-refractivity contribution in [3.05, 3.63) is 59.2 Å². The van der Waals surface area contributed by atoms with E-state index in [1.54, 1.807) is 16.9 Å². The van der Waals surface area contributed by atoms with Gasteiger partial charge in [-0.1, -0.05) is 15.9 Å². The molecule has 0 aliphatic heterocycles. The lowest BCUT2D eigenvalue weighted by atomic mass is 10.1. The van der Waals surface area contributed by atoms with E-state index in [2.05, 4.69) is 21.0 Å². The molecular formula is C15H11BrN2O2. The molecule has 0 fully saturated rings. The Hall–Kier alpha value is -2.27. The highest BCUT2D eigenvalue weighted by Gasteiger charge is 2.11. The van der Waals surface area contributed by atoms with Crippen LogP contribution in [-0.2, 0) is 0 Å². The normalized spacial score (nSPS) is 10.7. The summed E-state index contributed by atoms with van der Waals surface area (Å²) >= 11 is 3.39. The SMILES string of the molecule is Oc1ccc(-c2ccnn2-c2ccc(Br)cc2)c(O)c1. The van der Waals surface area contributed by atoms with E-state index in [1.807, 2.05) is 30.3 Å². The van der Waals surface area contributed by atoms with Crippen molar-refractivity contribution in [2.75, 3.05) is 0 Å². The Morgan fingerprint density at radius 1 is 0.950 bits per heavy atom. The van der Waals surface area contributed by atoms with Gasteiger partial charge < -0.3 is 10.2 Å². The van der Waals surface area contributed by atoms with Crippen LogP contribution < -0.4 is 0 Å². The average molecular weight is 331 g/mol. The smallest absolute Gasteiger partial charge is 0.128 e. The van der Waals surface area contributed by atoms with Crippen LogP contribution in [-0.4, -0.2) is 20.0 Å². The van der Waals surface area contributed by atoms with E-state index in [9.17, 15) is 10.2 Å². The van der Waals surface area contributed by atoms with Crippen LogP contribution in [0.5, 0.6) is 11.5 Å². The molecule has 0 radical (unpaired) electrons. The van der Waals surface area contributed by atoms with E-state index < -0.39 is 0 Å². The molecule has 100 valence electrons. The lowest BCUT2D eigenvalue weighted by Crippen LogP contribution is -1.98. The number of aromatic nitrogens is 2. The van der Waals surface area contributed by atoms with E-state index in [0.717, 1.165) is 15.9 Å². The molecule has 20 heavy (non-hydrogen) atoms. The number of phenols is 2. The molecule has 1 heterocycles. The zero-order valence-corrected chi connectivity index (χ0v) is 11.9. The largest absolute Gasteiger partial charge is 0.508 e. The van der Waals surface area contributed by atoms with Gasteiger partial charge in [0.05, 0.1) is 17.6 Å². The molecular weight excluding hydrogens is 320 g/mol. The van der Waals surface area contributed by atoms with E-state index >= 15 is 0 Å². The van der Waals surface area contributed by atoms with Crippen LogP contribution in [0.25, 0.3) is 16.9 Å². The van der Waals surface area contributed by atoms with Gasteiger partial charge in [-0.2, -0.15) is 5.10 Å². The van der Waals surface area contributed by atoms with E-state index in [-0.39, 0.29) is 11.5 Å². The molecule has 2 aromatic carbocycles. The van der Waals surface area contributed by atoms with Crippen molar-refractivity contribution in [2.45, 2.75) is 0 Å². The van der Waals surface area contributed by atoms with Crippen LogP contribution >= 0.6 is 15.9 Å². The summed E-state index contributed by atoms with van der Waals surface area (Å²) in [4.78, 5) is 0. The average Bonchev–Trinajstić information content (AvgIpc) is 2.88. The Morgan fingerprint density at radius 3 is 2.40 bits per heavy atom. The molecule has 0 saturated heterocycles. The van der Waals surface area contributed by atoms with Crippen molar-refractivity contribution in [3.8, 4) is 28.4 Å². The van der Waals surface area contributed by atoms with Crippen LogP contribution in [0.4, 0.5) is 0 Å². The third kappa shape index (κ3) is 2.28. The molecule has 3 rings (SSSR count). The molecule has 5 heteroatoms. The summed E-state index contributed by atoms with van der Waals surface area (Å²) in [5.74, 6) is 0.0461. The lowest BCUT2D eigenvalue weighted by Gasteiger charge is -2.09. The van der Waals surface area contributed by atoms with Crippen molar-refractivity contribution in [1.82, 2.24) is 9.78 Å². The minimum absolute atomic E-state index is 0.0175. The molecule has 0 bridgehead atoms. The van der Waals surface area contributed by atoms with Gasteiger partial charge in [-0.25, -0.2) is 4.68 Å². The summed E-state index contributed by atoms with van der Waals surface area (Å²) in [6.45, 7) is 0.